The number of likely N-dealkylation sites (N-methyl/N-ethyl adjacent to an activating group) is 1. The second-order valence-electron chi connectivity index (χ2n) is 4.91. The van der Waals surface area contributed by atoms with E-state index in [1.54, 1.807) is 7.11 Å². The van der Waals surface area contributed by atoms with Crippen molar-refractivity contribution in [2.24, 2.45) is 0 Å². The molecule has 0 radical (unpaired) electrons. The summed E-state index contributed by atoms with van der Waals surface area (Å²) >= 11 is 0. The van der Waals surface area contributed by atoms with Gasteiger partial charge >= 0.3 is 0 Å². The molecule has 2 atom stereocenters. The number of nitrogens with one attached hydrogen (secondary N) is 1. The van der Waals surface area contributed by atoms with Gasteiger partial charge in [-0.2, -0.15) is 0 Å². The summed E-state index contributed by atoms with van der Waals surface area (Å²) in [5.74, 6) is 0.930. The first kappa shape index (κ1) is 12.4. The van der Waals surface area contributed by atoms with Gasteiger partial charge in [-0.1, -0.05) is 12.1 Å². The second-order valence-corrected chi connectivity index (χ2v) is 4.91. The standard InChI is InChI=1S/C14H22N2O/c1-11(15-13-7-8-16(2)10-13)12-5-4-6-14(9-12)17-3/h4-6,9,11,13,15H,7-8,10H2,1-3H3. The zero-order valence-corrected chi connectivity index (χ0v) is 10.9. The summed E-state index contributed by atoms with van der Waals surface area (Å²) in [6.07, 6.45) is 1.24. The lowest BCUT2D eigenvalue weighted by Gasteiger charge is -2.20. The highest BCUT2D eigenvalue weighted by atomic mass is 16.5. The van der Waals surface area contributed by atoms with Gasteiger partial charge in [0.25, 0.3) is 0 Å². The normalized spacial score (nSPS) is 22.6. The Morgan fingerprint density at radius 3 is 2.94 bits per heavy atom. The molecule has 0 spiro atoms. The van der Waals surface area contributed by atoms with Crippen LogP contribution in [0.25, 0.3) is 0 Å². The molecular formula is C14H22N2O. The first-order valence-electron chi connectivity index (χ1n) is 6.27. The van der Waals surface area contributed by atoms with E-state index >= 15 is 0 Å². The fourth-order valence-electron chi connectivity index (χ4n) is 2.43. The van der Waals surface area contributed by atoms with Crippen LogP contribution in [0.2, 0.25) is 0 Å². The summed E-state index contributed by atoms with van der Waals surface area (Å²) in [5.41, 5.74) is 1.29. The van der Waals surface area contributed by atoms with Crippen molar-refractivity contribution in [3.05, 3.63) is 29.8 Å². The fraction of sp³-hybridized carbons (Fsp3) is 0.571. The summed E-state index contributed by atoms with van der Waals surface area (Å²) in [5, 5.41) is 3.68. The van der Waals surface area contributed by atoms with Gasteiger partial charge < -0.3 is 15.0 Å². The fourth-order valence-corrected chi connectivity index (χ4v) is 2.43. The van der Waals surface area contributed by atoms with Crippen LogP contribution in [-0.4, -0.2) is 38.2 Å². The monoisotopic (exact) mass is 234 g/mol. The van der Waals surface area contributed by atoms with Crippen LogP contribution in [0.4, 0.5) is 0 Å². The highest BCUT2D eigenvalue weighted by Gasteiger charge is 2.21. The van der Waals surface area contributed by atoms with Crippen LogP contribution in [0.15, 0.2) is 24.3 Å². The van der Waals surface area contributed by atoms with Gasteiger partial charge in [0.2, 0.25) is 0 Å². The molecule has 1 aliphatic rings. The Morgan fingerprint density at radius 1 is 1.47 bits per heavy atom. The van der Waals surface area contributed by atoms with Crippen molar-refractivity contribution in [3.63, 3.8) is 0 Å². The van der Waals surface area contributed by atoms with E-state index in [1.807, 2.05) is 12.1 Å². The average molecular weight is 234 g/mol. The van der Waals surface area contributed by atoms with Crippen LogP contribution in [-0.2, 0) is 0 Å². The Labute approximate surface area is 104 Å². The first-order chi connectivity index (χ1) is 8.19. The minimum absolute atomic E-state index is 0.376. The SMILES string of the molecule is COc1cccc(C(C)NC2CCN(C)C2)c1. The number of nitrogens with zero attached hydrogens (tertiary/aromatic N) is 1. The van der Waals surface area contributed by atoms with Gasteiger partial charge in [0.15, 0.2) is 0 Å². The maximum Gasteiger partial charge on any atom is 0.119 e. The van der Waals surface area contributed by atoms with Gasteiger partial charge in [0, 0.05) is 18.6 Å². The van der Waals surface area contributed by atoms with E-state index in [-0.39, 0.29) is 0 Å². The highest BCUT2D eigenvalue weighted by Crippen LogP contribution is 2.20. The van der Waals surface area contributed by atoms with Gasteiger partial charge in [-0.05, 0) is 44.6 Å². The molecule has 0 aromatic heterocycles. The third-order valence-corrected chi connectivity index (χ3v) is 3.47. The zero-order chi connectivity index (χ0) is 12.3. The molecule has 2 rings (SSSR count). The van der Waals surface area contributed by atoms with Gasteiger partial charge in [-0.3, -0.25) is 0 Å². The molecule has 3 nitrogen and oxygen atoms in total. The number of methoxy groups -OCH3 is 1. The van der Waals surface area contributed by atoms with Crippen LogP contribution in [0.3, 0.4) is 0 Å². The summed E-state index contributed by atoms with van der Waals surface area (Å²) < 4.78 is 5.26. The van der Waals surface area contributed by atoms with E-state index in [0.29, 0.717) is 12.1 Å². The maximum absolute atomic E-state index is 5.26. The molecule has 0 saturated carbocycles. The predicted octanol–water partition coefficient (Wildman–Crippen LogP) is 2.05. The van der Waals surface area contributed by atoms with Crippen LogP contribution in [0.1, 0.15) is 24.9 Å². The van der Waals surface area contributed by atoms with Gasteiger partial charge in [0.1, 0.15) is 5.75 Å². The predicted molar refractivity (Wildman–Crippen MR) is 70.4 cm³/mol. The molecular weight excluding hydrogens is 212 g/mol. The molecule has 1 heterocycles. The third kappa shape index (κ3) is 3.20. The van der Waals surface area contributed by atoms with E-state index in [9.17, 15) is 0 Å². The summed E-state index contributed by atoms with van der Waals surface area (Å²) in [4.78, 5) is 2.37. The molecule has 0 amide bonds. The van der Waals surface area contributed by atoms with Crippen molar-refractivity contribution in [2.75, 3.05) is 27.2 Å². The van der Waals surface area contributed by atoms with Crippen molar-refractivity contribution in [1.82, 2.24) is 10.2 Å². The highest BCUT2D eigenvalue weighted by molar-refractivity contribution is 5.30. The molecule has 94 valence electrons. The largest absolute Gasteiger partial charge is 0.497 e. The van der Waals surface area contributed by atoms with Crippen molar-refractivity contribution < 1.29 is 4.74 Å². The molecule has 1 saturated heterocycles. The Bertz CT molecular complexity index is 367. The van der Waals surface area contributed by atoms with Crippen LogP contribution in [0.5, 0.6) is 5.75 Å². The van der Waals surface area contributed by atoms with E-state index in [1.165, 1.54) is 18.5 Å². The molecule has 17 heavy (non-hydrogen) atoms. The second kappa shape index (κ2) is 5.52. The molecule has 0 aliphatic carbocycles. The van der Waals surface area contributed by atoms with Gasteiger partial charge in [-0.15, -0.1) is 0 Å². The van der Waals surface area contributed by atoms with E-state index in [4.69, 9.17) is 4.74 Å². The summed E-state index contributed by atoms with van der Waals surface area (Å²) in [6.45, 7) is 4.56. The Hall–Kier alpha value is -1.06. The summed E-state index contributed by atoms with van der Waals surface area (Å²) in [6, 6.07) is 9.28. The smallest absolute Gasteiger partial charge is 0.119 e. The van der Waals surface area contributed by atoms with E-state index < -0.39 is 0 Å². The minimum Gasteiger partial charge on any atom is -0.497 e. The molecule has 3 heteroatoms. The molecule has 1 aromatic carbocycles. The first-order valence-corrected chi connectivity index (χ1v) is 6.27. The Kier molecular flexibility index (Phi) is 4.02. The number of hydrogen-bond donors (Lipinski definition) is 1. The lowest BCUT2D eigenvalue weighted by atomic mass is 10.1. The van der Waals surface area contributed by atoms with Crippen molar-refractivity contribution in [3.8, 4) is 5.75 Å². The number of rotatable bonds is 4. The van der Waals surface area contributed by atoms with Gasteiger partial charge in [0.05, 0.1) is 7.11 Å². The molecule has 1 aromatic rings. The number of likely N-dealkylation sites (tertiary alicyclic amines) is 1. The third-order valence-electron chi connectivity index (χ3n) is 3.47. The Morgan fingerprint density at radius 2 is 2.29 bits per heavy atom. The van der Waals surface area contributed by atoms with Crippen molar-refractivity contribution in [2.45, 2.75) is 25.4 Å². The van der Waals surface area contributed by atoms with Crippen molar-refractivity contribution >= 4 is 0 Å². The van der Waals surface area contributed by atoms with E-state index in [0.717, 1.165) is 12.3 Å². The van der Waals surface area contributed by atoms with Crippen LogP contribution >= 0.6 is 0 Å². The van der Waals surface area contributed by atoms with Crippen LogP contribution < -0.4 is 10.1 Å². The number of ether oxygens (including phenoxy) is 1. The number of hydrogen-bond acceptors (Lipinski definition) is 3. The van der Waals surface area contributed by atoms with Gasteiger partial charge in [-0.25, -0.2) is 0 Å². The quantitative estimate of drug-likeness (QED) is 0.863. The number of benzene rings is 1. The maximum atomic E-state index is 5.26. The van der Waals surface area contributed by atoms with Crippen LogP contribution in [0, 0.1) is 0 Å². The average Bonchev–Trinajstić information content (AvgIpc) is 2.75. The molecule has 2 unspecified atom stereocenters. The summed E-state index contributed by atoms with van der Waals surface area (Å²) in [7, 11) is 3.89. The lowest BCUT2D eigenvalue weighted by Crippen LogP contribution is -2.33. The molecule has 1 N–H and O–H groups in total. The zero-order valence-electron chi connectivity index (χ0n) is 10.9. The van der Waals surface area contributed by atoms with E-state index in [2.05, 4.69) is 36.3 Å². The lowest BCUT2D eigenvalue weighted by molar-refractivity contribution is 0.386. The molecule has 1 fully saturated rings. The topological polar surface area (TPSA) is 24.5 Å². The minimum atomic E-state index is 0.376. The molecule has 1 aliphatic heterocycles. The Balaban J connectivity index is 1.96. The molecule has 0 bridgehead atoms. The van der Waals surface area contributed by atoms with Crippen molar-refractivity contribution in [1.29, 1.82) is 0 Å².